The van der Waals surface area contributed by atoms with Crippen molar-refractivity contribution in [3.8, 4) is 0 Å². The molecule has 0 radical (unpaired) electrons. The standard InChI is InChI=1S/C20H26N2OS/c1-15(2)12-17-4-6-19(7-5-17)16(3)22-20(23)14-24-13-18-8-10-21-11-9-18/h4-11,15-16H,12-14H2,1-3H3,(H,22,23). The van der Waals surface area contributed by atoms with Crippen molar-refractivity contribution >= 4 is 17.7 Å². The number of amides is 1. The van der Waals surface area contributed by atoms with Crippen LogP contribution in [0.4, 0.5) is 0 Å². The predicted molar refractivity (Wildman–Crippen MR) is 102 cm³/mol. The Kier molecular flexibility index (Phi) is 7.32. The van der Waals surface area contributed by atoms with Crippen LogP contribution in [0.15, 0.2) is 48.8 Å². The quantitative estimate of drug-likeness (QED) is 0.773. The summed E-state index contributed by atoms with van der Waals surface area (Å²) in [5, 5.41) is 3.07. The van der Waals surface area contributed by atoms with Crippen LogP contribution >= 0.6 is 11.8 Å². The van der Waals surface area contributed by atoms with Crippen LogP contribution in [0.2, 0.25) is 0 Å². The third-order valence-electron chi connectivity index (χ3n) is 3.75. The second-order valence-electron chi connectivity index (χ2n) is 6.48. The van der Waals surface area contributed by atoms with Crippen LogP contribution in [-0.2, 0) is 17.0 Å². The highest BCUT2D eigenvalue weighted by atomic mass is 32.2. The van der Waals surface area contributed by atoms with Crippen LogP contribution in [0.3, 0.4) is 0 Å². The molecule has 1 amide bonds. The largest absolute Gasteiger partial charge is 0.349 e. The summed E-state index contributed by atoms with van der Waals surface area (Å²) in [6, 6.07) is 12.6. The summed E-state index contributed by atoms with van der Waals surface area (Å²) >= 11 is 1.62. The maximum atomic E-state index is 12.1. The average Bonchev–Trinajstić information content (AvgIpc) is 2.56. The van der Waals surface area contributed by atoms with Crippen molar-refractivity contribution in [3.63, 3.8) is 0 Å². The van der Waals surface area contributed by atoms with E-state index in [9.17, 15) is 4.79 Å². The van der Waals surface area contributed by atoms with E-state index in [1.54, 1.807) is 24.2 Å². The Morgan fingerprint density at radius 1 is 1.04 bits per heavy atom. The SMILES string of the molecule is CC(C)Cc1ccc(C(C)NC(=O)CSCc2ccncc2)cc1. The Labute approximate surface area is 149 Å². The Bertz CT molecular complexity index is 626. The molecule has 0 saturated carbocycles. The molecule has 0 aliphatic carbocycles. The van der Waals surface area contributed by atoms with E-state index in [1.807, 2.05) is 19.1 Å². The number of nitrogens with zero attached hydrogens (tertiary/aromatic N) is 1. The highest BCUT2D eigenvalue weighted by molar-refractivity contribution is 7.99. The number of pyridine rings is 1. The Balaban J connectivity index is 1.76. The number of thioether (sulfide) groups is 1. The number of nitrogens with one attached hydrogen (secondary N) is 1. The summed E-state index contributed by atoms with van der Waals surface area (Å²) in [5.74, 6) is 2.03. The van der Waals surface area contributed by atoms with Gasteiger partial charge in [-0.25, -0.2) is 0 Å². The van der Waals surface area contributed by atoms with E-state index in [0.29, 0.717) is 11.7 Å². The van der Waals surface area contributed by atoms with Crippen molar-refractivity contribution < 1.29 is 4.79 Å². The molecule has 1 unspecified atom stereocenters. The van der Waals surface area contributed by atoms with Gasteiger partial charge in [0.25, 0.3) is 0 Å². The van der Waals surface area contributed by atoms with Gasteiger partial charge in [0, 0.05) is 18.1 Å². The Morgan fingerprint density at radius 2 is 1.71 bits per heavy atom. The zero-order valence-electron chi connectivity index (χ0n) is 14.7. The fraction of sp³-hybridized carbons (Fsp3) is 0.400. The fourth-order valence-electron chi connectivity index (χ4n) is 2.52. The molecule has 3 nitrogen and oxygen atoms in total. The molecular weight excluding hydrogens is 316 g/mol. The molecule has 0 aliphatic heterocycles. The molecule has 0 fully saturated rings. The lowest BCUT2D eigenvalue weighted by atomic mass is 10.00. The number of rotatable bonds is 8. The van der Waals surface area contributed by atoms with Gasteiger partial charge in [0.15, 0.2) is 0 Å². The van der Waals surface area contributed by atoms with Crippen molar-refractivity contribution in [3.05, 3.63) is 65.5 Å². The molecule has 0 spiro atoms. The first kappa shape index (κ1) is 18.5. The monoisotopic (exact) mass is 342 g/mol. The van der Waals surface area contributed by atoms with Gasteiger partial charge in [-0.15, -0.1) is 11.8 Å². The maximum absolute atomic E-state index is 12.1. The lowest BCUT2D eigenvalue weighted by Crippen LogP contribution is -2.28. The first-order valence-electron chi connectivity index (χ1n) is 8.39. The average molecular weight is 343 g/mol. The van der Waals surface area contributed by atoms with Crippen LogP contribution < -0.4 is 5.32 Å². The summed E-state index contributed by atoms with van der Waals surface area (Å²) in [5.41, 5.74) is 3.69. The number of hydrogen-bond donors (Lipinski definition) is 1. The van der Waals surface area contributed by atoms with Gasteiger partial charge >= 0.3 is 0 Å². The van der Waals surface area contributed by atoms with E-state index in [0.717, 1.165) is 17.7 Å². The normalized spacial score (nSPS) is 12.2. The molecule has 1 N–H and O–H groups in total. The number of aromatic nitrogens is 1. The van der Waals surface area contributed by atoms with Gasteiger partial charge in [0.2, 0.25) is 5.91 Å². The van der Waals surface area contributed by atoms with Crippen LogP contribution in [0, 0.1) is 5.92 Å². The van der Waals surface area contributed by atoms with Crippen molar-refractivity contribution in [1.82, 2.24) is 10.3 Å². The minimum atomic E-state index is 0.0344. The topological polar surface area (TPSA) is 42.0 Å². The number of hydrogen-bond acceptors (Lipinski definition) is 3. The molecule has 0 aliphatic rings. The zero-order chi connectivity index (χ0) is 17.4. The summed E-state index contributed by atoms with van der Waals surface area (Å²) in [7, 11) is 0. The molecule has 0 bridgehead atoms. The predicted octanol–water partition coefficient (Wildman–Crippen LogP) is 4.39. The van der Waals surface area contributed by atoms with Gasteiger partial charge in [-0.1, -0.05) is 38.1 Å². The lowest BCUT2D eigenvalue weighted by molar-refractivity contribution is -0.119. The molecule has 1 aromatic heterocycles. The van der Waals surface area contributed by atoms with Gasteiger partial charge in [0.1, 0.15) is 0 Å². The van der Waals surface area contributed by atoms with E-state index < -0.39 is 0 Å². The minimum absolute atomic E-state index is 0.0344. The summed E-state index contributed by atoms with van der Waals surface area (Å²) in [6.45, 7) is 6.48. The van der Waals surface area contributed by atoms with Gasteiger partial charge in [-0.05, 0) is 48.1 Å². The summed E-state index contributed by atoms with van der Waals surface area (Å²) in [6.07, 6.45) is 4.65. The van der Waals surface area contributed by atoms with Crippen LogP contribution in [0.1, 0.15) is 43.5 Å². The highest BCUT2D eigenvalue weighted by Gasteiger charge is 2.10. The number of carbonyl (C=O) groups is 1. The summed E-state index contributed by atoms with van der Waals surface area (Å²) < 4.78 is 0. The minimum Gasteiger partial charge on any atom is -0.349 e. The number of benzene rings is 1. The van der Waals surface area contributed by atoms with Crippen molar-refractivity contribution in [2.24, 2.45) is 5.92 Å². The fourth-order valence-corrected chi connectivity index (χ4v) is 3.32. The molecule has 1 aromatic carbocycles. The summed E-state index contributed by atoms with van der Waals surface area (Å²) in [4.78, 5) is 16.1. The zero-order valence-corrected chi connectivity index (χ0v) is 15.5. The van der Waals surface area contributed by atoms with Crippen LogP contribution in [0.5, 0.6) is 0 Å². The molecule has 1 heterocycles. The smallest absolute Gasteiger partial charge is 0.230 e. The third-order valence-corrected chi connectivity index (χ3v) is 4.76. The molecule has 24 heavy (non-hydrogen) atoms. The Hall–Kier alpha value is -1.81. The molecular formula is C20H26N2OS. The highest BCUT2D eigenvalue weighted by Crippen LogP contribution is 2.16. The van der Waals surface area contributed by atoms with E-state index >= 15 is 0 Å². The lowest BCUT2D eigenvalue weighted by Gasteiger charge is -2.15. The van der Waals surface area contributed by atoms with Crippen molar-refractivity contribution in [1.29, 1.82) is 0 Å². The van der Waals surface area contributed by atoms with Crippen molar-refractivity contribution in [2.45, 2.75) is 39.0 Å². The number of carbonyl (C=O) groups excluding carboxylic acids is 1. The molecule has 2 aromatic rings. The molecule has 128 valence electrons. The first-order valence-corrected chi connectivity index (χ1v) is 9.55. The van der Waals surface area contributed by atoms with Crippen LogP contribution in [-0.4, -0.2) is 16.6 Å². The van der Waals surface area contributed by atoms with E-state index in [-0.39, 0.29) is 11.9 Å². The molecule has 0 saturated heterocycles. The van der Waals surface area contributed by atoms with Gasteiger partial charge in [-0.2, -0.15) is 0 Å². The van der Waals surface area contributed by atoms with Gasteiger partial charge in [0.05, 0.1) is 11.8 Å². The second kappa shape index (κ2) is 9.48. The van der Waals surface area contributed by atoms with E-state index in [4.69, 9.17) is 0 Å². The molecule has 4 heteroatoms. The van der Waals surface area contributed by atoms with E-state index in [2.05, 4.69) is 48.4 Å². The van der Waals surface area contributed by atoms with Crippen LogP contribution in [0.25, 0.3) is 0 Å². The van der Waals surface area contributed by atoms with Gasteiger partial charge in [-0.3, -0.25) is 9.78 Å². The third kappa shape index (κ3) is 6.36. The van der Waals surface area contributed by atoms with Gasteiger partial charge < -0.3 is 5.32 Å². The van der Waals surface area contributed by atoms with Crippen molar-refractivity contribution in [2.75, 3.05) is 5.75 Å². The first-order chi connectivity index (χ1) is 11.5. The Morgan fingerprint density at radius 3 is 2.33 bits per heavy atom. The van der Waals surface area contributed by atoms with E-state index in [1.165, 1.54) is 11.1 Å². The molecule has 2 rings (SSSR count). The maximum Gasteiger partial charge on any atom is 0.230 e. The molecule has 1 atom stereocenters. The second-order valence-corrected chi connectivity index (χ2v) is 7.46.